The van der Waals surface area contributed by atoms with Gasteiger partial charge in [0.05, 0.1) is 0 Å². The number of carbonyl (C=O) groups is 1. The van der Waals surface area contributed by atoms with Crippen LogP contribution in [0.3, 0.4) is 0 Å². The topological polar surface area (TPSA) is 62.5 Å². The molecule has 0 radical (unpaired) electrons. The maximum atomic E-state index is 12.6. The number of nitrogens with zero attached hydrogens (tertiary/aromatic N) is 4. The summed E-state index contributed by atoms with van der Waals surface area (Å²) in [5, 5.41) is 4.77. The van der Waals surface area contributed by atoms with Gasteiger partial charge in [0.25, 0.3) is 0 Å². The van der Waals surface area contributed by atoms with E-state index in [4.69, 9.17) is 16.1 Å². The molecule has 2 heterocycles. The Hall–Kier alpha value is -2.13. The van der Waals surface area contributed by atoms with E-state index in [1.54, 1.807) is 0 Å². The summed E-state index contributed by atoms with van der Waals surface area (Å²) in [5.74, 6) is 1.16. The van der Waals surface area contributed by atoms with E-state index in [2.05, 4.69) is 44.6 Å². The first-order chi connectivity index (χ1) is 14.5. The first-order valence-electron chi connectivity index (χ1n) is 9.87. The van der Waals surface area contributed by atoms with E-state index in [0.717, 1.165) is 32.9 Å². The third-order valence-corrected chi connectivity index (χ3v) is 6.22. The molecule has 1 saturated heterocycles. The minimum Gasteiger partial charge on any atom is -0.368 e. The molecule has 0 N–H and O–H groups in total. The highest BCUT2D eigenvalue weighted by Crippen LogP contribution is 2.25. The molecule has 0 atom stereocenters. The van der Waals surface area contributed by atoms with Gasteiger partial charge in [0.1, 0.15) is 0 Å². The minimum absolute atomic E-state index is 0.117. The SMILES string of the molecule is Cc1ccc(Cl)cc1N1CCN(C(=O)CCc2nc(-c3ccc(I)cc3)no2)CC1. The fourth-order valence-electron chi connectivity index (χ4n) is 3.56. The molecule has 1 aliphatic rings. The molecule has 6 nitrogen and oxygen atoms in total. The second-order valence-electron chi connectivity index (χ2n) is 7.32. The highest BCUT2D eigenvalue weighted by Gasteiger charge is 2.22. The van der Waals surface area contributed by atoms with Crippen molar-refractivity contribution in [2.75, 3.05) is 31.1 Å². The van der Waals surface area contributed by atoms with Gasteiger partial charge in [-0.1, -0.05) is 35.0 Å². The Labute approximate surface area is 194 Å². The van der Waals surface area contributed by atoms with Gasteiger partial charge in [-0.25, -0.2) is 0 Å². The molecule has 1 amide bonds. The van der Waals surface area contributed by atoms with Gasteiger partial charge in [0.2, 0.25) is 17.6 Å². The fraction of sp³-hybridized carbons (Fsp3) is 0.318. The van der Waals surface area contributed by atoms with Crippen LogP contribution < -0.4 is 4.90 Å². The van der Waals surface area contributed by atoms with E-state index < -0.39 is 0 Å². The zero-order valence-corrected chi connectivity index (χ0v) is 19.6. The summed E-state index contributed by atoms with van der Waals surface area (Å²) < 4.78 is 6.48. The Balaban J connectivity index is 1.29. The van der Waals surface area contributed by atoms with Crippen LogP contribution in [0.25, 0.3) is 11.4 Å². The van der Waals surface area contributed by atoms with Crippen LogP contribution in [0.1, 0.15) is 17.9 Å². The molecule has 1 fully saturated rings. The monoisotopic (exact) mass is 536 g/mol. The number of hydrogen-bond acceptors (Lipinski definition) is 5. The molecule has 2 aromatic carbocycles. The van der Waals surface area contributed by atoms with Gasteiger partial charge in [-0.15, -0.1) is 0 Å². The molecule has 0 bridgehead atoms. The van der Waals surface area contributed by atoms with E-state index in [1.165, 1.54) is 5.56 Å². The number of anilines is 1. The van der Waals surface area contributed by atoms with Crippen molar-refractivity contribution in [3.05, 3.63) is 62.5 Å². The highest BCUT2D eigenvalue weighted by molar-refractivity contribution is 14.1. The summed E-state index contributed by atoms with van der Waals surface area (Å²) >= 11 is 8.41. The van der Waals surface area contributed by atoms with Crippen molar-refractivity contribution in [2.45, 2.75) is 19.8 Å². The van der Waals surface area contributed by atoms with Crippen molar-refractivity contribution in [2.24, 2.45) is 0 Å². The Bertz CT molecular complexity index is 1030. The molecular weight excluding hydrogens is 515 g/mol. The number of amides is 1. The molecule has 0 unspecified atom stereocenters. The number of aryl methyl sites for hydroxylation is 2. The lowest BCUT2D eigenvalue weighted by atomic mass is 10.1. The van der Waals surface area contributed by atoms with Gasteiger partial charge in [0.15, 0.2) is 0 Å². The first kappa shape index (κ1) is 21.1. The summed E-state index contributed by atoms with van der Waals surface area (Å²) in [6, 6.07) is 13.9. The van der Waals surface area contributed by atoms with Gasteiger partial charge in [0, 0.05) is 58.9 Å². The normalized spacial score (nSPS) is 14.2. The van der Waals surface area contributed by atoms with E-state index in [1.807, 2.05) is 47.4 Å². The van der Waals surface area contributed by atoms with Crippen LogP contribution in [0.5, 0.6) is 0 Å². The highest BCUT2D eigenvalue weighted by atomic mass is 127. The number of rotatable bonds is 5. The van der Waals surface area contributed by atoms with Crippen LogP contribution >= 0.6 is 34.2 Å². The predicted octanol–water partition coefficient (Wildman–Crippen LogP) is 4.58. The van der Waals surface area contributed by atoms with Gasteiger partial charge in [-0.05, 0) is 59.3 Å². The molecule has 4 rings (SSSR count). The summed E-state index contributed by atoms with van der Waals surface area (Å²) in [5.41, 5.74) is 3.24. The zero-order chi connectivity index (χ0) is 21.1. The second kappa shape index (κ2) is 9.34. The minimum atomic E-state index is 0.117. The number of benzene rings is 2. The summed E-state index contributed by atoms with van der Waals surface area (Å²) in [6.45, 7) is 5.07. The van der Waals surface area contributed by atoms with Gasteiger partial charge in [-0.2, -0.15) is 4.98 Å². The molecule has 8 heteroatoms. The quantitative estimate of drug-likeness (QED) is 0.447. The van der Waals surface area contributed by atoms with Crippen LogP contribution in [0.4, 0.5) is 5.69 Å². The van der Waals surface area contributed by atoms with Gasteiger partial charge < -0.3 is 14.3 Å². The Kier molecular flexibility index (Phi) is 6.58. The van der Waals surface area contributed by atoms with Crippen LogP contribution in [-0.4, -0.2) is 47.1 Å². The maximum absolute atomic E-state index is 12.6. The Morgan fingerprint density at radius 3 is 2.60 bits per heavy atom. The van der Waals surface area contributed by atoms with Crippen LogP contribution in [0.2, 0.25) is 5.02 Å². The van der Waals surface area contributed by atoms with Crippen LogP contribution in [0, 0.1) is 10.5 Å². The lowest BCUT2D eigenvalue weighted by Crippen LogP contribution is -2.49. The molecule has 3 aromatic rings. The molecule has 0 saturated carbocycles. The fourth-order valence-corrected chi connectivity index (χ4v) is 4.09. The maximum Gasteiger partial charge on any atom is 0.227 e. The lowest BCUT2D eigenvalue weighted by Gasteiger charge is -2.37. The van der Waals surface area contributed by atoms with Gasteiger partial charge in [-0.3, -0.25) is 4.79 Å². The van der Waals surface area contributed by atoms with E-state index in [9.17, 15) is 4.79 Å². The smallest absolute Gasteiger partial charge is 0.227 e. The average molecular weight is 537 g/mol. The summed E-state index contributed by atoms with van der Waals surface area (Å²) in [6.07, 6.45) is 0.814. The molecule has 1 aromatic heterocycles. The third kappa shape index (κ3) is 4.95. The number of aromatic nitrogens is 2. The van der Waals surface area contributed by atoms with Crippen molar-refractivity contribution in [3.8, 4) is 11.4 Å². The predicted molar refractivity (Wildman–Crippen MR) is 126 cm³/mol. The molecule has 1 aliphatic heterocycles. The largest absolute Gasteiger partial charge is 0.368 e. The van der Waals surface area contributed by atoms with Crippen molar-refractivity contribution < 1.29 is 9.32 Å². The first-order valence-corrected chi connectivity index (χ1v) is 11.3. The van der Waals surface area contributed by atoms with E-state index in [0.29, 0.717) is 37.6 Å². The van der Waals surface area contributed by atoms with Crippen LogP contribution in [0.15, 0.2) is 47.0 Å². The average Bonchev–Trinajstić information content (AvgIpc) is 3.23. The van der Waals surface area contributed by atoms with E-state index >= 15 is 0 Å². The summed E-state index contributed by atoms with van der Waals surface area (Å²) in [4.78, 5) is 21.3. The molecular formula is C22H22ClIN4O2. The number of piperazine rings is 1. The summed E-state index contributed by atoms with van der Waals surface area (Å²) in [7, 11) is 0. The lowest BCUT2D eigenvalue weighted by molar-refractivity contribution is -0.131. The molecule has 30 heavy (non-hydrogen) atoms. The molecule has 0 spiro atoms. The third-order valence-electron chi connectivity index (χ3n) is 5.27. The number of hydrogen-bond donors (Lipinski definition) is 0. The molecule has 156 valence electrons. The standard InChI is InChI=1S/C22H22ClIN4O2/c1-15-2-5-17(23)14-19(15)27-10-12-28(13-11-27)21(29)9-8-20-25-22(26-30-20)16-3-6-18(24)7-4-16/h2-7,14H,8-13H2,1H3. The Morgan fingerprint density at radius 2 is 1.87 bits per heavy atom. The number of halogens is 2. The zero-order valence-electron chi connectivity index (χ0n) is 16.6. The van der Waals surface area contributed by atoms with Crippen molar-refractivity contribution in [1.29, 1.82) is 0 Å². The van der Waals surface area contributed by atoms with Crippen molar-refractivity contribution >= 4 is 45.8 Å². The second-order valence-corrected chi connectivity index (χ2v) is 9.00. The van der Waals surface area contributed by atoms with Crippen molar-refractivity contribution in [1.82, 2.24) is 15.0 Å². The number of carbonyl (C=O) groups excluding carboxylic acids is 1. The molecule has 0 aliphatic carbocycles. The van der Waals surface area contributed by atoms with E-state index in [-0.39, 0.29) is 5.91 Å². The van der Waals surface area contributed by atoms with Gasteiger partial charge >= 0.3 is 0 Å². The van der Waals surface area contributed by atoms with Crippen LogP contribution in [-0.2, 0) is 11.2 Å². The Morgan fingerprint density at radius 1 is 1.13 bits per heavy atom. The van der Waals surface area contributed by atoms with Crippen molar-refractivity contribution in [3.63, 3.8) is 0 Å².